The smallest absolute Gasteiger partial charge is 0.318 e. The minimum atomic E-state index is -0.261. The van der Waals surface area contributed by atoms with Crippen LogP contribution in [0.5, 0.6) is 0 Å². The van der Waals surface area contributed by atoms with Gasteiger partial charge in [0.05, 0.1) is 0 Å². The summed E-state index contributed by atoms with van der Waals surface area (Å²) >= 11 is 0. The molecule has 4 aliphatic rings. The monoisotopic (exact) mass is 306 g/mol. The van der Waals surface area contributed by atoms with Crippen molar-refractivity contribution in [2.75, 3.05) is 26.2 Å². The van der Waals surface area contributed by atoms with Crippen LogP contribution in [-0.4, -0.2) is 66.0 Å². The normalized spacial score (nSPS) is 32.9. The molecule has 3 aliphatic heterocycles. The summed E-state index contributed by atoms with van der Waals surface area (Å²) in [6.45, 7) is 4.13. The van der Waals surface area contributed by atoms with Crippen LogP contribution in [0, 0.1) is 5.92 Å². The lowest BCUT2D eigenvalue weighted by Gasteiger charge is -2.35. The van der Waals surface area contributed by atoms with E-state index in [1.165, 1.54) is 19.4 Å². The summed E-state index contributed by atoms with van der Waals surface area (Å²) in [5.74, 6) is 0.992. The van der Waals surface area contributed by atoms with E-state index in [1.54, 1.807) is 4.90 Å². The Morgan fingerprint density at radius 3 is 2.64 bits per heavy atom. The summed E-state index contributed by atoms with van der Waals surface area (Å²) in [5.41, 5.74) is 0. The Balaban J connectivity index is 1.26. The molecule has 3 heterocycles. The Morgan fingerprint density at radius 1 is 1.14 bits per heavy atom. The number of nitrogens with one attached hydrogen (secondary N) is 2. The van der Waals surface area contributed by atoms with Gasteiger partial charge in [-0.05, 0) is 44.4 Å². The molecule has 4 fully saturated rings. The standard InChI is InChI=1S/C16H26N4O2/c21-15(14-4-3-13-10-20(14)16(22)18-13)17-12-5-7-19(8-6-12)9-11-1-2-11/h11-14H,1-10H2,(H,17,21)(H,18,22)/t13-,14+/m1/s1. The van der Waals surface area contributed by atoms with Gasteiger partial charge < -0.3 is 20.4 Å². The SMILES string of the molecule is O=C(NC1CCN(CC2CC2)CC1)[C@@H]1CC[C@@H]2CN1C(=O)N2. The first-order chi connectivity index (χ1) is 10.7. The number of amides is 3. The van der Waals surface area contributed by atoms with Gasteiger partial charge in [0.2, 0.25) is 5.91 Å². The van der Waals surface area contributed by atoms with Crippen LogP contribution in [-0.2, 0) is 4.79 Å². The van der Waals surface area contributed by atoms with E-state index < -0.39 is 0 Å². The van der Waals surface area contributed by atoms with Gasteiger partial charge in [-0.3, -0.25) is 4.79 Å². The molecule has 2 atom stereocenters. The highest BCUT2D eigenvalue weighted by Crippen LogP contribution is 2.30. The van der Waals surface area contributed by atoms with Crippen LogP contribution in [0.3, 0.4) is 0 Å². The van der Waals surface area contributed by atoms with Crippen LogP contribution in [0.25, 0.3) is 0 Å². The fourth-order valence-corrected chi connectivity index (χ4v) is 4.07. The average molecular weight is 306 g/mol. The molecule has 1 aliphatic carbocycles. The molecule has 122 valence electrons. The third-order valence-electron chi connectivity index (χ3n) is 5.62. The van der Waals surface area contributed by atoms with Gasteiger partial charge in [0, 0.05) is 38.3 Å². The Labute approximate surface area is 131 Å². The molecule has 2 bridgehead atoms. The van der Waals surface area contributed by atoms with Crippen molar-refractivity contribution in [3.8, 4) is 0 Å². The second kappa shape index (κ2) is 5.72. The summed E-state index contributed by atoms with van der Waals surface area (Å²) in [6, 6.07) is 0.207. The fourth-order valence-electron chi connectivity index (χ4n) is 4.07. The van der Waals surface area contributed by atoms with Gasteiger partial charge >= 0.3 is 6.03 Å². The Morgan fingerprint density at radius 2 is 1.91 bits per heavy atom. The lowest BCUT2D eigenvalue weighted by Crippen LogP contribution is -2.53. The fraction of sp³-hybridized carbons (Fsp3) is 0.875. The van der Waals surface area contributed by atoms with Crippen LogP contribution < -0.4 is 10.6 Å². The molecule has 0 radical (unpaired) electrons. The predicted molar refractivity (Wildman–Crippen MR) is 82.4 cm³/mol. The molecule has 6 nitrogen and oxygen atoms in total. The molecule has 0 aromatic carbocycles. The van der Waals surface area contributed by atoms with Crippen LogP contribution >= 0.6 is 0 Å². The van der Waals surface area contributed by atoms with Gasteiger partial charge in [0.15, 0.2) is 0 Å². The minimum absolute atomic E-state index is 0.0520. The molecule has 0 unspecified atom stereocenters. The summed E-state index contributed by atoms with van der Waals surface area (Å²) in [7, 11) is 0. The Kier molecular flexibility index (Phi) is 3.72. The summed E-state index contributed by atoms with van der Waals surface area (Å²) in [5, 5.41) is 6.13. The highest BCUT2D eigenvalue weighted by molar-refractivity contribution is 5.89. The maximum atomic E-state index is 12.5. The molecule has 22 heavy (non-hydrogen) atoms. The molecular formula is C16H26N4O2. The Bertz CT molecular complexity index is 457. The molecule has 6 heteroatoms. The lowest BCUT2D eigenvalue weighted by molar-refractivity contribution is -0.127. The number of rotatable bonds is 4. The average Bonchev–Trinajstić information content (AvgIpc) is 3.28. The first kappa shape index (κ1) is 14.3. The van der Waals surface area contributed by atoms with E-state index in [-0.39, 0.29) is 30.1 Å². The molecule has 3 saturated heterocycles. The lowest BCUT2D eigenvalue weighted by atomic mass is 9.99. The topological polar surface area (TPSA) is 64.7 Å². The number of piperidine rings is 2. The highest BCUT2D eigenvalue weighted by Gasteiger charge is 2.42. The molecular weight excluding hydrogens is 280 g/mol. The third kappa shape index (κ3) is 2.93. The first-order valence-electron chi connectivity index (χ1n) is 8.79. The van der Waals surface area contributed by atoms with Gasteiger partial charge in [0.25, 0.3) is 0 Å². The Hall–Kier alpha value is -1.30. The van der Waals surface area contributed by atoms with Crippen molar-refractivity contribution in [3.05, 3.63) is 0 Å². The van der Waals surface area contributed by atoms with E-state index in [0.29, 0.717) is 6.54 Å². The van der Waals surface area contributed by atoms with E-state index in [0.717, 1.165) is 44.7 Å². The molecule has 0 spiro atoms. The summed E-state index contributed by atoms with van der Waals surface area (Å²) in [6.07, 6.45) is 6.59. The van der Waals surface area contributed by atoms with E-state index in [4.69, 9.17) is 0 Å². The van der Waals surface area contributed by atoms with Gasteiger partial charge in [0.1, 0.15) is 6.04 Å². The van der Waals surface area contributed by atoms with E-state index in [2.05, 4.69) is 15.5 Å². The van der Waals surface area contributed by atoms with Crippen LogP contribution in [0.15, 0.2) is 0 Å². The molecule has 4 rings (SSSR count). The first-order valence-corrected chi connectivity index (χ1v) is 8.79. The third-order valence-corrected chi connectivity index (χ3v) is 5.62. The largest absolute Gasteiger partial charge is 0.351 e. The van der Waals surface area contributed by atoms with E-state index >= 15 is 0 Å². The second-order valence-electron chi connectivity index (χ2n) is 7.42. The van der Waals surface area contributed by atoms with Gasteiger partial charge in [-0.1, -0.05) is 0 Å². The van der Waals surface area contributed by atoms with Crippen LogP contribution in [0.1, 0.15) is 38.5 Å². The number of carbonyl (C=O) groups excluding carboxylic acids is 2. The maximum Gasteiger partial charge on any atom is 0.318 e. The summed E-state index contributed by atoms with van der Waals surface area (Å²) in [4.78, 5) is 28.6. The van der Waals surface area contributed by atoms with E-state index in [9.17, 15) is 9.59 Å². The van der Waals surface area contributed by atoms with Gasteiger partial charge in [-0.25, -0.2) is 4.79 Å². The molecule has 1 saturated carbocycles. The van der Waals surface area contributed by atoms with Gasteiger partial charge in [-0.15, -0.1) is 0 Å². The zero-order chi connectivity index (χ0) is 15.1. The zero-order valence-corrected chi connectivity index (χ0v) is 13.1. The number of likely N-dealkylation sites (tertiary alicyclic amines) is 1. The predicted octanol–water partition coefficient (Wildman–Crippen LogP) is 0.533. The maximum absolute atomic E-state index is 12.5. The number of carbonyl (C=O) groups is 2. The molecule has 2 N–H and O–H groups in total. The summed E-state index contributed by atoms with van der Waals surface area (Å²) < 4.78 is 0. The van der Waals surface area contributed by atoms with E-state index in [1.807, 2.05) is 0 Å². The van der Waals surface area contributed by atoms with Crippen molar-refractivity contribution in [1.29, 1.82) is 0 Å². The highest BCUT2D eigenvalue weighted by atomic mass is 16.2. The zero-order valence-electron chi connectivity index (χ0n) is 13.1. The van der Waals surface area contributed by atoms with Crippen molar-refractivity contribution >= 4 is 11.9 Å². The van der Waals surface area contributed by atoms with Gasteiger partial charge in [-0.2, -0.15) is 0 Å². The van der Waals surface area contributed by atoms with Crippen molar-refractivity contribution < 1.29 is 9.59 Å². The number of urea groups is 1. The number of nitrogens with zero attached hydrogens (tertiary/aromatic N) is 2. The quantitative estimate of drug-likeness (QED) is 0.796. The number of fused-ring (bicyclic) bond motifs is 2. The number of hydrogen-bond acceptors (Lipinski definition) is 3. The van der Waals surface area contributed by atoms with Crippen molar-refractivity contribution in [2.45, 2.75) is 56.7 Å². The molecule has 3 amide bonds. The van der Waals surface area contributed by atoms with Crippen molar-refractivity contribution in [3.63, 3.8) is 0 Å². The molecule has 0 aromatic rings. The minimum Gasteiger partial charge on any atom is -0.351 e. The number of hydrogen-bond donors (Lipinski definition) is 2. The van der Waals surface area contributed by atoms with Crippen molar-refractivity contribution in [2.24, 2.45) is 5.92 Å². The second-order valence-corrected chi connectivity index (χ2v) is 7.42. The van der Waals surface area contributed by atoms with Crippen LogP contribution in [0.4, 0.5) is 4.79 Å². The van der Waals surface area contributed by atoms with Crippen LogP contribution in [0.2, 0.25) is 0 Å². The molecule has 0 aromatic heterocycles. The van der Waals surface area contributed by atoms with Crippen molar-refractivity contribution in [1.82, 2.24) is 20.4 Å².